The number of aryl methyl sites for hydroxylation is 2. The normalized spacial score (nSPS) is 11.2. The first-order valence-electron chi connectivity index (χ1n) is 5.93. The molecule has 3 aromatic rings. The lowest BCUT2D eigenvalue weighted by molar-refractivity contribution is 0.620. The maximum absolute atomic E-state index is 5.97. The summed E-state index contributed by atoms with van der Waals surface area (Å²) >= 11 is 1.56. The zero-order chi connectivity index (χ0) is 12.7. The molecule has 0 saturated carbocycles. The molecular weight excluding hydrogens is 244 g/mol. The van der Waals surface area contributed by atoms with E-state index in [4.69, 9.17) is 10.2 Å². The number of rotatable bonds is 2. The van der Waals surface area contributed by atoms with Gasteiger partial charge in [0.05, 0.1) is 10.6 Å². The van der Waals surface area contributed by atoms with Crippen molar-refractivity contribution in [2.24, 2.45) is 0 Å². The third kappa shape index (κ3) is 1.78. The van der Waals surface area contributed by atoms with Crippen LogP contribution in [0, 0.1) is 6.92 Å². The Morgan fingerprint density at radius 1 is 1.33 bits per heavy atom. The van der Waals surface area contributed by atoms with Crippen LogP contribution in [-0.4, -0.2) is 4.98 Å². The average Bonchev–Trinajstić information content (AvgIpc) is 2.90. The van der Waals surface area contributed by atoms with E-state index < -0.39 is 0 Å². The summed E-state index contributed by atoms with van der Waals surface area (Å²) in [4.78, 5) is 5.69. The first-order chi connectivity index (χ1) is 8.67. The Bertz CT molecular complexity index is 712. The van der Waals surface area contributed by atoms with Crippen LogP contribution in [0.5, 0.6) is 0 Å². The molecule has 0 amide bonds. The molecule has 0 saturated heterocycles. The van der Waals surface area contributed by atoms with Crippen LogP contribution in [0.4, 0.5) is 5.00 Å². The number of nitrogens with two attached hydrogens (primary N) is 1. The van der Waals surface area contributed by atoms with Crippen molar-refractivity contribution in [1.82, 2.24) is 4.98 Å². The zero-order valence-corrected chi connectivity index (χ0v) is 11.2. The second kappa shape index (κ2) is 4.14. The summed E-state index contributed by atoms with van der Waals surface area (Å²) in [5.74, 6) is 0.611. The number of hydrogen-bond acceptors (Lipinski definition) is 4. The van der Waals surface area contributed by atoms with E-state index in [0.717, 1.165) is 28.1 Å². The molecule has 0 atom stereocenters. The fourth-order valence-electron chi connectivity index (χ4n) is 2.01. The van der Waals surface area contributed by atoms with E-state index in [1.54, 1.807) is 11.3 Å². The molecule has 2 N–H and O–H groups in total. The van der Waals surface area contributed by atoms with Crippen molar-refractivity contribution in [2.75, 3.05) is 5.73 Å². The van der Waals surface area contributed by atoms with Gasteiger partial charge in [-0.05, 0) is 37.1 Å². The summed E-state index contributed by atoms with van der Waals surface area (Å²) in [6.45, 7) is 4.16. The summed E-state index contributed by atoms with van der Waals surface area (Å²) in [5, 5.41) is 0.759. The quantitative estimate of drug-likeness (QED) is 0.755. The van der Waals surface area contributed by atoms with Gasteiger partial charge in [0.25, 0.3) is 0 Å². The van der Waals surface area contributed by atoms with E-state index in [1.807, 2.05) is 19.1 Å². The van der Waals surface area contributed by atoms with Crippen molar-refractivity contribution in [3.63, 3.8) is 0 Å². The van der Waals surface area contributed by atoms with E-state index >= 15 is 0 Å². The summed E-state index contributed by atoms with van der Waals surface area (Å²) < 4.78 is 5.76. The number of benzene rings is 1. The van der Waals surface area contributed by atoms with Crippen LogP contribution < -0.4 is 5.73 Å². The molecule has 3 nitrogen and oxygen atoms in total. The summed E-state index contributed by atoms with van der Waals surface area (Å²) in [6, 6.07) is 8.13. The highest BCUT2D eigenvalue weighted by Crippen LogP contribution is 2.34. The molecule has 18 heavy (non-hydrogen) atoms. The smallest absolute Gasteiger partial charge is 0.230 e. The Labute approximate surface area is 109 Å². The van der Waals surface area contributed by atoms with Gasteiger partial charge < -0.3 is 10.2 Å². The Morgan fingerprint density at radius 2 is 2.17 bits per heavy atom. The predicted molar refractivity (Wildman–Crippen MR) is 75.8 cm³/mol. The van der Waals surface area contributed by atoms with Crippen molar-refractivity contribution >= 4 is 27.4 Å². The van der Waals surface area contributed by atoms with Crippen LogP contribution in [0.15, 0.2) is 28.7 Å². The van der Waals surface area contributed by atoms with Gasteiger partial charge in [0.2, 0.25) is 5.89 Å². The minimum Gasteiger partial charge on any atom is -0.436 e. The number of hydrogen-bond donors (Lipinski definition) is 1. The van der Waals surface area contributed by atoms with E-state index in [9.17, 15) is 0 Å². The van der Waals surface area contributed by atoms with Gasteiger partial charge in [-0.15, -0.1) is 11.3 Å². The monoisotopic (exact) mass is 258 g/mol. The molecule has 2 heterocycles. The van der Waals surface area contributed by atoms with E-state index in [-0.39, 0.29) is 0 Å². The van der Waals surface area contributed by atoms with Crippen molar-refractivity contribution in [1.29, 1.82) is 0 Å². The van der Waals surface area contributed by atoms with Gasteiger partial charge in [-0.2, -0.15) is 0 Å². The minimum atomic E-state index is 0.611. The number of anilines is 1. The molecular formula is C14H14N2OS. The Morgan fingerprint density at radius 3 is 2.83 bits per heavy atom. The third-order valence-electron chi connectivity index (χ3n) is 2.97. The average molecular weight is 258 g/mol. The summed E-state index contributed by atoms with van der Waals surface area (Å²) in [7, 11) is 0. The van der Waals surface area contributed by atoms with Gasteiger partial charge >= 0.3 is 0 Å². The second-order valence-electron chi connectivity index (χ2n) is 4.31. The standard InChI is InChI=1S/C14H14N2OS/c1-3-9-4-5-12-11(7-9)16-14(17-12)10-6-8(2)18-13(10)15/h4-7H,3,15H2,1-2H3. The van der Waals surface area contributed by atoms with Crippen LogP contribution in [0.1, 0.15) is 17.4 Å². The van der Waals surface area contributed by atoms with Crippen LogP contribution in [0.3, 0.4) is 0 Å². The molecule has 92 valence electrons. The Balaban J connectivity index is 2.16. The molecule has 0 radical (unpaired) electrons. The van der Waals surface area contributed by atoms with Gasteiger partial charge in [0.15, 0.2) is 5.58 Å². The maximum Gasteiger partial charge on any atom is 0.230 e. The van der Waals surface area contributed by atoms with Gasteiger partial charge in [0, 0.05) is 4.88 Å². The van der Waals surface area contributed by atoms with Gasteiger partial charge in [0.1, 0.15) is 5.52 Å². The van der Waals surface area contributed by atoms with Crippen molar-refractivity contribution in [3.05, 3.63) is 34.7 Å². The second-order valence-corrected chi connectivity index (χ2v) is 5.60. The highest BCUT2D eigenvalue weighted by atomic mass is 32.1. The molecule has 0 unspecified atom stereocenters. The van der Waals surface area contributed by atoms with Crippen LogP contribution in [-0.2, 0) is 6.42 Å². The predicted octanol–water partition coefficient (Wildman–Crippen LogP) is 4.01. The number of nitrogen functional groups attached to an aromatic ring is 1. The lowest BCUT2D eigenvalue weighted by atomic mass is 10.1. The first-order valence-corrected chi connectivity index (χ1v) is 6.74. The van der Waals surface area contributed by atoms with Gasteiger partial charge in [-0.1, -0.05) is 13.0 Å². The Hall–Kier alpha value is -1.81. The molecule has 3 rings (SSSR count). The van der Waals surface area contributed by atoms with Gasteiger partial charge in [-0.3, -0.25) is 0 Å². The molecule has 0 aliphatic heterocycles. The van der Waals surface area contributed by atoms with E-state index in [1.165, 1.54) is 10.4 Å². The first kappa shape index (κ1) is 11.3. The summed E-state index contributed by atoms with van der Waals surface area (Å²) in [5.41, 5.74) is 9.83. The molecule has 1 aromatic carbocycles. The fraction of sp³-hybridized carbons (Fsp3) is 0.214. The zero-order valence-electron chi connectivity index (χ0n) is 10.4. The van der Waals surface area contributed by atoms with Gasteiger partial charge in [-0.25, -0.2) is 4.98 Å². The van der Waals surface area contributed by atoms with Crippen LogP contribution >= 0.6 is 11.3 Å². The largest absolute Gasteiger partial charge is 0.436 e. The number of aromatic nitrogens is 1. The minimum absolute atomic E-state index is 0.611. The van der Waals surface area contributed by atoms with E-state index in [2.05, 4.69) is 24.0 Å². The highest BCUT2D eigenvalue weighted by Gasteiger charge is 2.13. The third-order valence-corrected chi connectivity index (χ3v) is 3.85. The molecule has 0 aliphatic rings. The topological polar surface area (TPSA) is 52.0 Å². The number of nitrogens with zero attached hydrogens (tertiary/aromatic N) is 1. The van der Waals surface area contributed by atoms with Crippen molar-refractivity contribution in [2.45, 2.75) is 20.3 Å². The lowest BCUT2D eigenvalue weighted by Gasteiger charge is -1.92. The van der Waals surface area contributed by atoms with Crippen molar-refractivity contribution in [3.8, 4) is 11.5 Å². The highest BCUT2D eigenvalue weighted by molar-refractivity contribution is 7.16. The molecule has 0 aliphatic carbocycles. The maximum atomic E-state index is 5.97. The SMILES string of the molecule is CCc1ccc2oc(-c3cc(C)sc3N)nc2c1. The molecule has 4 heteroatoms. The lowest BCUT2D eigenvalue weighted by Crippen LogP contribution is -1.82. The molecule has 0 spiro atoms. The van der Waals surface area contributed by atoms with Crippen molar-refractivity contribution < 1.29 is 4.42 Å². The van der Waals surface area contributed by atoms with Crippen LogP contribution in [0.2, 0.25) is 0 Å². The number of oxazole rings is 1. The summed E-state index contributed by atoms with van der Waals surface area (Å²) in [6.07, 6.45) is 0.998. The number of thiophene rings is 1. The molecule has 0 fully saturated rings. The van der Waals surface area contributed by atoms with Crippen LogP contribution in [0.25, 0.3) is 22.6 Å². The molecule has 2 aromatic heterocycles. The molecule has 0 bridgehead atoms. The fourth-order valence-corrected chi connectivity index (χ4v) is 2.79. The number of fused-ring (bicyclic) bond motifs is 1. The Kier molecular flexibility index (Phi) is 2.59. The van der Waals surface area contributed by atoms with E-state index in [0.29, 0.717) is 5.89 Å².